The van der Waals surface area contributed by atoms with E-state index in [1.54, 1.807) is 0 Å². The molecule has 0 saturated carbocycles. The molecule has 0 unspecified atom stereocenters. The van der Waals surface area contributed by atoms with E-state index >= 15 is 0 Å². The van der Waals surface area contributed by atoms with Gasteiger partial charge in [0.2, 0.25) is 5.91 Å². The Morgan fingerprint density at radius 2 is 2.18 bits per heavy atom. The lowest BCUT2D eigenvalue weighted by Crippen LogP contribution is -2.12. The third kappa shape index (κ3) is 4.68. The highest BCUT2D eigenvalue weighted by molar-refractivity contribution is 5.91. The lowest BCUT2D eigenvalue weighted by molar-refractivity contribution is -0.128. The Morgan fingerprint density at radius 3 is 2.88 bits per heavy atom. The van der Waals surface area contributed by atoms with Gasteiger partial charge in [-0.2, -0.15) is 0 Å². The maximum absolute atomic E-state index is 11.5. The zero-order valence-electron chi connectivity index (χ0n) is 9.94. The summed E-state index contributed by atoms with van der Waals surface area (Å²) in [6.07, 6.45) is 1.93. The molecule has 1 amide bonds. The predicted molar refractivity (Wildman–Crippen MR) is 65.7 cm³/mol. The molecule has 1 N–H and O–H groups in total. The van der Waals surface area contributed by atoms with E-state index in [0.717, 1.165) is 17.7 Å². The maximum atomic E-state index is 11.5. The van der Waals surface area contributed by atoms with Gasteiger partial charge in [-0.25, -0.2) is 0 Å². The monoisotopic (exact) mass is 235 g/mol. The summed E-state index contributed by atoms with van der Waals surface area (Å²) in [6.45, 7) is 2.71. The minimum absolute atomic E-state index is 0.0104. The number of para-hydroxylation sites is 1. The van der Waals surface area contributed by atoms with Crippen LogP contribution in [0.1, 0.15) is 25.3 Å². The normalized spacial score (nSPS) is 9.71. The molecule has 0 bridgehead atoms. The van der Waals surface area contributed by atoms with Crippen LogP contribution in [0.25, 0.3) is 0 Å². The molecule has 0 aliphatic heterocycles. The fourth-order valence-corrected chi connectivity index (χ4v) is 1.52. The molecule has 1 aromatic rings. The first-order valence-corrected chi connectivity index (χ1v) is 5.71. The molecule has 92 valence electrons. The van der Waals surface area contributed by atoms with Crippen molar-refractivity contribution in [2.24, 2.45) is 0 Å². The van der Waals surface area contributed by atoms with Crippen molar-refractivity contribution in [2.75, 3.05) is 11.9 Å². The van der Waals surface area contributed by atoms with Crippen molar-refractivity contribution >= 4 is 18.1 Å². The van der Waals surface area contributed by atoms with Crippen LogP contribution in [0.3, 0.4) is 0 Å². The van der Waals surface area contributed by atoms with Crippen molar-refractivity contribution in [3.05, 3.63) is 29.8 Å². The van der Waals surface area contributed by atoms with Crippen LogP contribution in [0.5, 0.6) is 0 Å². The van der Waals surface area contributed by atoms with Crippen LogP contribution in [0.2, 0.25) is 0 Å². The first-order chi connectivity index (χ1) is 8.27. The number of amides is 1. The molecule has 4 nitrogen and oxygen atoms in total. The van der Waals surface area contributed by atoms with Crippen LogP contribution < -0.4 is 5.32 Å². The minimum Gasteiger partial charge on any atom is -0.468 e. The number of carbonyl (C=O) groups is 2. The molecule has 0 fully saturated rings. The molecule has 0 spiro atoms. The average molecular weight is 235 g/mol. The van der Waals surface area contributed by atoms with Gasteiger partial charge in [-0.15, -0.1) is 0 Å². The lowest BCUT2D eigenvalue weighted by Gasteiger charge is -2.10. The summed E-state index contributed by atoms with van der Waals surface area (Å²) in [5, 5.41) is 2.86. The highest BCUT2D eigenvalue weighted by atomic mass is 16.5. The number of rotatable bonds is 7. The zero-order chi connectivity index (χ0) is 12.5. The smallest absolute Gasteiger partial charge is 0.293 e. The van der Waals surface area contributed by atoms with Crippen molar-refractivity contribution in [3.8, 4) is 0 Å². The third-order valence-corrected chi connectivity index (χ3v) is 2.33. The van der Waals surface area contributed by atoms with E-state index in [9.17, 15) is 9.59 Å². The summed E-state index contributed by atoms with van der Waals surface area (Å²) in [5.74, 6) is 0.0104. The largest absolute Gasteiger partial charge is 0.468 e. The number of nitrogens with one attached hydrogen (secondary N) is 1. The highest BCUT2D eigenvalue weighted by Crippen LogP contribution is 2.16. The fraction of sp³-hybridized carbons (Fsp3) is 0.385. The number of hydrogen-bond donors (Lipinski definition) is 1. The average Bonchev–Trinajstić information content (AvgIpc) is 2.32. The molecule has 0 saturated heterocycles. The van der Waals surface area contributed by atoms with E-state index in [1.165, 1.54) is 0 Å². The molecule has 0 aliphatic carbocycles. The first kappa shape index (κ1) is 13.2. The number of hydrogen-bond acceptors (Lipinski definition) is 3. The highest BCUT2D eigenvalue weighted by Gasteiger charge is 2.05. The zero-order valence-corrected chi connectivity index (χ0v) is 9.94. The van der Waals surface area contributed by atoms with E-state index in [1.807, 2.05) is 31.2 Å². The van der Waals surface area contributed by atoms with Gasteiger partial charge < -0.3 is 10.1 Å². The third-order valence-electron chi connectivity index (χ3n) is 2.33. The van der Waals surface area contributed by atoms with Gasteiger partial charge in [-0.05, 0) is 18.1 Å². The number of carbonyl (C=O) groups excluding carboxylic acids is 2. The topological polar surface area (TPSA) is 55.4 Å². The van der Waals surface area contributed by atoms with Gasteiger partial charge >= 0.3 is 0 Å². The summed E-state index contributed by atoms with van der Waals surface area (Å²) in [6, 6.07) is 7.52. The van der Waals surface area contributed by atoms with Gasteiger partial charge in [0.1, 0.15) is 0 Å². The number of ether oxygens (including phenoxy) is 1. The van der Waals surface area contributed by atoms with E-state index in [4.69, 9.17) is 0 Å². The van der Waals surface area contributed by atoms with Crippen molar-refractivity contribution in [3.63, 3.8) is 0 Å². The second kappa shape index (κ2) is 7.44. The van der Waals surface area contributed by atoms with Crippen LogP contribution in [-0.4, -0.2) is 19.0 Å². The summed E-state index contributed by atoms with van der Waals surface area (Å²) in [4.78, 5) is 21.5. The van der Waals surface area contributed by atoms with E-state index in [2.05, 4.69) is 10.1 Å². The standard InChI is InChI=1S/C13H17NO3/c1-2-5-13(16)14-12-7-4-3-6-11(12)8-9-17-10-15/h3-4,6-7,10H,2,5,8-9H2,1H3,(H,14,16). The fourth-order valence-electron chi connectivity index (χ4n) is 1.52. The Kier molecular flexibility index (Phi) is 5.79. The first-order valence-electron chi connectivity index (χ1n) is 5.71. The Labute approximate surface area is 101 Å². The summed E-state index contributed by atoms with van der Waals surface area (Å²) in [7, 11) is 0. The van der Waals surface area contributed by atoms with Gasteiger partial charge in [0.15, 0.2) is 0 Å². The van der Waals surface area contributed by atoms with Crippen molar-refractivity contribution in [2.45, 2.75) is 26.2 Å². The Hall–Kier alpha value is -1.84. The molecular formula is C13H17NO3. The Bertz CT molecular complexity index is 377. The van der Waals surface area contributed by atoms with Gasteiger partial charge in [0.05, 0.1) is 6.61 Å². The van der Waals surface area contributed by atoms with E-state index in [-0.39, 0.29) is 5.91 Å². The van der Waals surface area contributed by atoms with Crippen LogP contribution in [0.15, 0.2) is 24.3 Å². The molecule has 0 radical (unpaired) electrons. The van der Waals surface area contributed by atoms with E-state index < -0.39 is 0 Å². The second-order valence-corrected chi connectivity index (χ2v) is 3.67. The SMILES string of the molecule is CCCC(=O)Nc1ccccc1CCOC=O. The van der Waals surface area contributed by atoms with Crippen molar-refractivity contribution < 1.29 is 14.3 Å². The molecule has 0 atom stereocenters. The van der Waals surface area contributed by atoms with Gasteiger partial charge in [0.25, 0.3) is 6.47 Å². The molecule has 4 heteroatoms. The molecule has 1 aromatic carbocycles. The van der Waals surface area contributed by atoms with E-state index in [0.29, 0.717) is 25.9 Å². The van der Waals surface area contributed by atoms with Gasteiger partial charge in [-0.3, -0.25) is 9.59 Å². The van der Waals surface area contributed by atoms with Gasteiger partial charge in [-0.1, -0.05) is 25.1 Å². The van der Waals surface area contributed by atoms with Crippen LogP contribution >= 0.6 is 0 Å². The van der Waals surface area contributed by atoms with Crippen LogP contribution in [0.4, 0.5) is 5.69 Å². The van der Waals surface area contributed by atoms with Gasteiger partial charge in [0, 0.05) is 18.5 Å². The summed E-state index contributed by atoms with van der Waals surface area (Å²) < 4.78 is 4.65. The quantitative estimate of drug-likeness (QED) is 0.582. The minimum atomic E-state index is 0.0104. The maximum Gasteiger partial charge on any atom is 0.293 e. The molecule has 0 aliphatic rings. The molecule has 1 rings (SSSR count). The van der Waals surface area contributed by atoms with Crippen molar-refractivity contribution in [1.82, 2.24) is 0 Å². The van der Waals surface area contributed by atoms with Crippen LogP contribution in [0, 0.1) is 0 Å². The molecular weight excluding hydrogens is 218 g/mol. The summed E-state index contributed by atoms with van der Waals surface area (Å²) in [5.41, 5.74) is 1.76. The molecule has 0 aromatic heterocycles. The van der Waals surface area contributed by atoms with Crippen LogP contribution in [-0.2, 0) is 20.7 Å². The number of anilines is 1. The molecule has 17 heavy (non-hydrogen) atoms. The molecule has 0 heterocycles. The summed E-state index contributed by atoms with van der Waals surface area (Å²) >= 11 is 0. The number of benzene rings is 1. The Morgan fingerprint density at radius 1 is 1.41 bits per heavy atom. The second-order valence-electron chi connectivity index (χ2n) is 3.67. The lowest BCUT2D eigenvalue weighted by atomic mass is 10.1. The predicted octanol–water partition coefficient (Wildman–Crippen LogP) is 2.14. The van der Waals surface area contributed by atoms with Crippen molar-refractivity contribution in [1.29, 1.82) is 0 Å². The Balaban J connectivity index is 2.63.